The number of benzene rings is 1. The number of rotatable bonds is 6. The molecule has 0 bridgehead atoms. The van der Waals surface area contributed by atoms with Crippen molar-refractivity contribution in [3.63, 3.8) is 0 Å². The summed E-state index contributed by atoms with van der Waals surface area (Å²) in [5.41, 5.74) is 3.89. The number of hydrazine groups is 1. The van der Waals surface area contributed by atoms with Gasteiger partial charge in [-0.25, -0.2) is 8.42 Å². The van der Waals surface area contributed by atoms with Crippen LogP contribution in [0.5, 0.6) is 0 Å². The van der Waals surface area contributed by atoms with Crippen LogP contribution in [0.4, 0.5) is 0 Å². The van der Waals surface area contributed by atoms with Gasteiger partial charge in [0.15, 0.2) is 0 Å². The van der Waals surface area contributed by atoms with Crippen LogP contribution >= 0.6 is 0 Å². The Labute approximate surface area is 126 Å². The molecular formula is C15H24N2O3S. The van der Waals surface area contributed by atoms with Crippen LogP contribution in [0.25, 0.3) is 0 Å². The first-order valence-corrected chi connectivity index (χ1v) is 9.31. The van der Waals surface area contributed by atoms with E-state index in [1.807, 2.05) is 18.2 Å². The highest BCUT2D eigenvalue weighted by Gasteiger charge is 2.41. The third-order valence-corrected chi connectivity index (χ3v) is 5.36. The van der Waals surface area contributed by atoms with Crippen LogP contribution in [0, 0.1) is 0 Å². The molecule has 1 aliphatic heterocycles. The van der Waals surface area contributed by atoms with Crippen molar-refractivity contribution < 1.29 is 13.2 Å². The molecule has 1 atom stereocenters. The highest BCUT2D eigenvalue weighted by atomic mass is 32.2. The van der Waals surface area contributed by atoms with E-state index >= 15 is 0 Å². The van der Waals surface area contributed by atoms with E-state index in [9.17, 15) is 8.42 Å². The molecule has 0 saturated carbocycles. The van der Waals surface area contributed by atoms with Crippen LogP contribution in [0.1, 0.15) is 24.8 Å². The van der Waals surface area contributed by atoms with E-state index in [2.05, 4.69) is 17.6 Å². The largest absolute Gasteiger partial charge is 0.381 e. The second kappa shape index (κ2) is 6.87. The monoisotopic (exact) mass is 312 g/mol. The fraction of sp³-hybridized carbons (Fsp3) is 0.600. The van der Waals surface area contributed by atoms with Gasteiger partial charge in [0.1, 0.15) is 9.84 Å². The van der Waals surface area contributed by atoms with Crippen LogP contribution in [0.15, 0.2) is 30.3 Å². The van der Waals surface area contributed by atoms with Crippen LogP contribution in [0.3, 0.4) is 0 Å². The van der Waals surface area contributed by atoms with Gasteiger partial charge in [0.05, 0.1) is 5.75 Å². The molecule has 1 aliphatic rings. The summed E-state index contributed by atoms with van der Waals surface area (Å²) in [6.07, 6.45) is 3.45. The molecular weight excluding hydrogens is 288 g/mol. The Kier molecular flexibility index (Phi) is 5.37. The molecule has 0 aromatic heterocycles. The summed E-state index contributed by atoms with van der Waals surface area (Å²) in [6.45, 7) is 1.35. The molecule has 1 unspecified atom stereocenters. The van der Waals surface area contributed by atoms with E-state index in [1.54, 1.807) is 0 Å². The number of nitrogens with two attached hydrogens (primary N) is 1. The third-order valence-electron chi connectivity index (χ3n) is 4.38. The van der Waals surface area contributed by atoms with Crippen LogP contribution in [-0.4, -0.2) is 39.7 Å². The summed E-state index contributed by atoms with van der Waals surface area (Å²) >= 11 is 0. The first-order chi connectivity index (χ1) is 9.98. The fourth-order valence-corrected chi connectivity index (χ4v) is 3.86. The summed E-state index contributed by atoms with van der Waals surface area (Å²) in [5, 5.41) is 0. The summed E-state index contributed by atoms with van der Waals surface area (Å²) < 4.78 is 28.5. The molecule has 2 rings (SSSR count). The quantitative estimate of drug-likeness (QED) is 0.605. The minimum Gasteiger partial charge on any atom is -0.381 e. The lowest BCUT2D eigenvalue weighted by molar-refractivity contribution is 0.0338. The van der Waals surface area contributed by atoms with Gasteiger partial charge in [-0.2, -0.15) is 0 Å². The van der Waals surface area contributed by atoms with E-state index in [0.717, 1.165) is 12.8 Å². The Bertz CT molecular complexity index is 539. The predicted octanol–water partition coefficient (Wildman–Crippen LogP) is 1.00. The highest BCUT2D eigenvalue weighted by Crippen LogP contribution is 2.39. The Hall–Kier alpha value is -0.950. The lowest BCUT2D eigenvalue weighted by Gasteiger charge is -2.43. The predicted molar refractivity (Wildman–Crippen MR) is 83.6 cm³/mol. The minimum absolute atomic E-state index is 0.0847. The maximum atomic E-state index is 11.5. The van der Waals surface area contributed by atoms with Gasteiger partial charge in [0.25, 0.3) is 0 Å². The molecule has 0 spiro atoms. The average molecular weight is 312 g/mol. The van der Waals surface area contributed by atoms with Gasteiger partial charge in [0.2, 0.25) is 0 Å². The van der Waals surface area contributed by atoms with Crippen molar-refractivity contribution in [2.45, 2.75) is 30.7 Å². The molecule has 0 aliphatic carbocycles. The van der Waals surface area contributed by atoms with Crippen LogP contribution < -0.4 is 11.3 Å². The average Bonchev–Trinajstić information content (AvgIpc) is 2.48. The standard InChI is InChI=1S/C15H24N2O3S/c1-21(18,19)12-7-14(17-16)15(8-10-20-11-9-15)13-5-3-2-4-6-13/h2-6,14,17H,7-12,16H2,1H3. The number of ether oxygens (including phenoxy) is 1. The molecule has 118 valence electrons. The van der Waals surface area contributed by atoms with E-state index in [4.69, 9.17) is 10.6 Å². The van der Waals surface area contributed by atoms with Crippen molar-refractivity contribution in [3.05, 3.63) is 35.9 Å². The van der Waals surface area contributed by atoms with Gasteiger partial charge in [-0.15, -0.1) is 0 Å². The summed E-state index contributed by atoms with van der Waals surface area (Å²) in [4.78, 5) is 0. The number of hydrogen-bond donors (Lipinski definition) is 2. The number of sulfone groups is 1. The maximum Gasteiger partial charge on any atom is 0.147 e. The fourth-order valence-electron chi connectivity index (χ4n) is 3.20. The molecule has 1 saturated heterocycles. The van der Waals surface area contributed by atoms with E-state index in [-0.39, 0.29) is 17.2 Å². The van der Waals surface area contributed by atoms with E-state index in [0.29, 0.717) is 19.6 Å². The summed E-state index contributed by atoms with van der Waals surface area (Å²) in [5.74, 6) is 5.91. The van der Waals surface area contributed by atoms with Crippen LogP contribution in [0.2, 0.25) is 0 Å². The number of nitrogens with one attached hydrogen (secondary N) is 1. The summed E-state index contributed by atoms with van der Waals surface area (Å²) in [7, 11) is -3.00. The van der Waals surface area contributed by atoms with E-state index in [1.165, 1.54) is 11.8 Å². The van der Waals surface area contributed by atoms with Gasteiger partial charge in [0, 0.05) is 30.9 Å². The second-order valence-electron chi connectivity index (χ2n) is 5.77. The van der Waals surface area contributed by atoms with Gasteiger partial charge in [-0.1, -0.05) is 30.3 Å². The molecule has 5 nitrogen and oxygen atoms in total. The lowest BCUT2D eigenvalue weighted by atomic mass is 9.68. The Morgan fingerprint density at radius 1 is 1.29 bits per heavy atom. The molecule has 1 aromatic rings. The van der Waals surface area contributed by atoms with Gasteiger partial charge < -0.3 is 4.74 Å². The zero-order chi connectivity index (χ0) is 15.3. The zero-order valence-corrected chi connectivity index (χ0v) is 13.2. The Balaban J connectivity index is 2.29. The Morgan fingerprint density at radius 2 is 1.90 bits per heavy atom. The normalized spacial score (nSPS) is 20.1. The smallest absolute Gasteiger partial charge is 0.147 e. The molecule has 0 amide bonds. The first-order valence-electron chi connectivity index (χ1n) is 7.25. The molecule has 1 heterocycles. The molecule has 0 radical (unpaired) electrons. The molecule has 21 heavy (non-hydrogen) atoms. The maximum absolute atomic E-state index is 11.5. The Morgan fingerprint density at radius 3 is 2.43 bits per heavy atom. The molecule has 1 fully saturated rings. The van der Waals surface area contributed by atoms with Crippen molar-refractivity contribution in [1.29, 1.82) is 0 Å². The van der Waals surface area contributed by atoms with Crippen LogP contribution in [-0.2, 0) is 20.0 Å². The third kappa shape index (κ3) is 4.03. The minimum atomic E-state index is -3.00. The second-order valence-corrected chi connectivity index (χ2v) is 8.03. The topological polar surface area (TPSA) is 81.4 Å². The SMILES string of the molecule is CS(=O)(=O)CCC(NN)C1(c2ccccc2)CCOCC1. The molecule has 6 heteroatoms. The van der Waals surface area contributed by atoms with Crippen molar-refractivity contribution in [3.8, 4) is 0 Å². The number of hydrogen-bond acceptors (Lipinski definition) is 5. The summed E-state index contributed by atoms with van der Waals surface area (Å²) in [6, 6.07) is 10.1. The van der Waals surface area contributed by atoms with Crippen molar-refractivity contribution in [1.82, 2.24) is 5.43 Å². The molecule has 3 N–H and O–H groups in total. The van der Waals surface area contributed by atoms with Gasteiger partial charge >= 0.3 is 0 Å². The zero-order valence-electron chi connectivity index (χ0n) is 12.4. The van der Waals surface area contributed by atoms with Gasteiger partial charge in [-0.05, 0) is 24.8 Å². The van der Waals surface area contributed by atoms with Gasteiger partial charge in [-0.3, -0.25) is 11.3 Å². The van der Waals surface area contributed by atoms with E-state index < -0.39 is 9.84 Å². The van der Waals surface area contributed by atoms with Crippen molar-refractivity contribution in [2.24, 2.45) is 5.84 Å². The molecule has 1 aromatic carbocycles. The lowest BCUT2D eigenvalue weighted by Crippen LogP contribution is -2.54. The first kappa shape index (κ1) is 16.4. The van der Waals surface area contributed by atoms with Crippen molar-refractivity contribution in [2.75, 3.05) is 25.2 Å². The van der Waals surface area contributed by atoms with Crippen molar-refractivity contribution >= 4 is 9.84 Å². The highest BCUT2D eigenvalue weighted by molar-refractivity contribution is 7.90.